The van der Waals surface area contributed by atoms with Crippen LogP contribution in [0, 0.1) is 0 Å². The van der Waals surface area contributed by atoms with Gasteiger partial charge in [0.25, 0.3) is 0 Å². The molecule has 0 aromatic heterocycles. The average Bonchev–Trinajstić information content (AvgIpc) is 2.29. The summed E-state index contributed by atoms with van der Waals surface area (Å²) in [5.41, 5.74) is 0.935. The van der Waals surface area contributed by atoms with E-state index < -0.39 is 11.9 Å². The Kier molecular flexibility index (Phi) is 9.39. The predicted molar refractivity (Wildman–Crippen MR) is 75.1 cm³/mol. The average molecular weight is 391 g/mol. The van der Waals surface area contributed by atoms with E-state index in [-0.39, 0.29) is 40.0 Å². The van der Waals surface area contributed by atoms with Crippen molar-refractivity contribution in [2.24, 2.45) is 0 Å². The van der Waals surface area contributed by atoms with E-state index in [2.05, 4.69) is 0 Å². The number of aliphatic carboxylic acids is 2. The van der Waals surface area contributed by atoms with Gasteiger partial charge in [-0.25, -0.2) is 0 Å². The van der Waals surface area contributed by atoms with E-state index in [9.17, 15) is 9.59 Å². The number of carboxylic acids is 2. The minimum absolute atomic E-state index is 0. The van der Waals surface area contributed by atoms with Gasteiger partial charge in [0.1, 0.15) is 0 Å². The third-order valence-corrected chi connectivity index (χ3v) is 4.58. The molecule has 0 saturated heterocycles. The molecule has 1 aromatic rings. The van der Waals surface area contributed by atoms with E-state index >= 15 is 0 Å². The Morgan fingerprint density at radius 3 is 1.83 bits per heavy atom. The molecule has 0 saturated carbocycles. The number of hydrogen-bond donors (Lipinski definition) is 2. The van der Waals surface area contributed by atoms with Crippen molar-refractivity contribution >= 4 is 59.4 Å². The molecule has 0 heterocycles. The van der Waals surface area contributed by atoms with Gasteiger partial charge in [0.15, 0.2) is 0 Å². The van der Waals surface area contributed by atoms with Crippen molar-refractivity contribution in [2.75, 3.05) is 11.5 Å². The number of carbonyl (C=O) groups is 2. The predicted octanol–water partition coefficient (Wildman–Crippen LogP) is 1.94. The fourth-order valence-electron chi connectivity index (χ4n) is 1.14. The minimum atomic E-state index is -0.896. The van der Waals surface area contributed by atoms with Crippen LogP contribution in [0.15, 0.2) is 30.3 Å². The molecule has 0 fully saturated rings. The largest absolute Gasteiger partial charge is 0.481 e. The smallest absolute Gasteiger partial charge is 0.313 e. The molecule has 4 nitrogen and oxygen atoms in total. The minimum Gasteiger partial charge on any atom is -0.481 e. The second-order valence-electron chi connectivity index (χ2n) is 3.15. The van der Waals surface area contributed by atoms with Crippen LogP contribution in [0.4, 0.5) is 0 Å². The molecule has 7 heteroatoms. The Bertz CT molecular complexity index is 368. The molecule has 18 heavy (non-hydrogen) atoms. The molecule has 2 N–H and O–H groups in total. The van der Waals surface area contributed by atoms with Crippen LogP contribution >= 0.6 is 23.5 Å². The summed E-state index contributed by atoms with van der Waals surface area (Å²) in [6.07, 6.45) is 0. The van der Waals surface area contributed by atoms with Gasteiger partial charge < -0.3 is 10.2 Å². The molecule has 0 bridgehead atoms. The van der Waals surface area contributed by atoms with E-state index in [1.165, 1.54) is 23.5 Å². The van der Waals surface area contributed by atoms with E-state index in [1.807, 2.05) is 30.3 Å². The number of benzene rings is 1. The third kappa shape index (κ3) is 7.17. The third-order valence-electron chi connectivity index (χ3n) is 1.79. The van der Waals surface area contributed by atoms with Crippen molar-refractivity contribution in [3.8, 4) is 0 Å². The molecule has 0 aliphatic rings. The second kappa shape index (κ2) is 9.57. The fraction of sp³-hybridized carbons (Fsp3) is 0.273. The molecular formula is C11H12O4S2Sn. The molecule has 1 rings (SSSR count). The SMILES string of the molecule is O=C(O)CSC(SCC(=O)O)c1ccccc1.[Sn]. The maximum Gasteiger partial charge on any atom is 0.313 e. The summed E-state index contributed by atoms with van der Waals surface area (Å²) in [5, 5.41) is 17.3. The Morgan fingerprint density at radius 2 is 1.44 bits per heavy atom. The Labute approximate surface area is 130 Å². The molecule has 0 unspecified atom stereocenters. The monoisotopic (exact) mass is 392 g/mol. The van der Waals surface area contributed by atoms with Gasteiger partial charge in [0.2, 0.25) is 0 Å². The summed E-state index contributed by atoms with van der Waals surface area (Å²) < 4.78 is -0.164. The summed E-state index contributed by atoms with van der Waals surface area (Å²) in [6, 6.07) is 9.31. The second-order valence-corrected chi connectivity index (χ2v) is 5.64. The molecule has 0 aliphatic heterocycles. The number of rotatable bonds is 7. The molecule has 1 aromatic carbocycles. The summed E-state index contributed by atoms with van der Waals surface area (Å²) >= 11 is 2.45. The van der Waals surface area contributed by atoms with Gasteiger partial charge in [-0.1, -0.05) is 30.3 Å². The van der Waals surface area contributed by atoms with Crippen LogP contribution in [0.5, 0.6) is 0 Å². The van der Waals surface area contributed by atoms with Gasteiger partial charge in [-0.05, 0) is 5.56 Å². The van der Waals surface area contributed by atoms with E-state index in [4.69, 9.17) is 10.2 Å². The van der Waals surface area contributed by atoms with Crippen LogP contribution in [-0.4, -0.2) is 57.6 Å². The molecular weight excluding hydrogens is 379 g/mol. The van der Waals surface area contributed by atoms with Crippen LogP contribution < -0.4 is 0 Å². The molecule has 0 amide bonds. The maximum absolute atomic E-state index is 10.5. The topological polar surface area (TPSA) is 74.6 Å². The normalized spacial score (nSPS) is 9.83. The first kappa shape index (κ1) is 17.7. The van der Waals surface area contributed by atoms with Crippen molar-refractivity contribution in [1.29, 1.82) is 0 Å². The summed E-state index contributed by atoms with van der Waals surface area (Å²) in [6.45, 7) is 0. The zero-order chi connectivity index (χ0) is 12.7. The van der Waals surface area contributed by atoms with E-state index in [0.717, 1.165) is 5.56 Å². The molecule has 0 atom stereocenters. The molecule has 0 aliphatic carbocycles. The van der Waals surface area contributed by atoms with Crippen LogP contribution in [0.2, 0.25) is 0 Å². The van der Waals surface area contributed by atoms with Gasteiger partial charge in [-0.3, -0.25) is 9.59 Å². The first-order valence-corrected chi connectivity index (χ1v) is 6.91. The number of carboxylic acid groups (broad SMARTS) is 2. The Morgan fingerprint density at radius 1 is 1.00 bits per heavy atom. The van der Waals surface area contributed by atoms with Crippen LogP contribution in [0.1, 0.15) is 10.1 Å². The van der Waals surface area contributed by atoms with Gasteiger partial charge in [0.05, 0.1) is 16.1 Å². The van der Waals surface area contributed by atoms with Crippen LogP contribution in [-0.2, 0) is 9.59 Å². The van der Waals surface area contributed by atoms with E-state index in [0.29, 0.717) is 0 Å². The summed E-state index contributed by atoms with van der Waals surface area (Å²) in [5.74, 6) is -1.86. The van der Waals surface area contributed by atoms with Gasteiger partial charge in [-0.2, -0.15) is 0 Å². The van der Waals surface area contributed by atoms with Crippen molar-refractivity contribution in [2.45, 2.75) is 4.58 Å². The standard InChI is InChI=1S/C11H12O4S2.Sn/c12-9(13)6-16-11(17-7-10(14)15)8-4-2-1-3-5-8;/h1-5,11H,6-7H2,(H,12,13)(H,14,15);. The first-order valence-electron chi connectivity index (χ1n) is 4.81. The van der Waals surface area contributed by atoms with Gasteiger partial charge >= 0.3 is 11.9 Å². The summed E-state index contributed by atoms with van der Waals surface area (Å²) in [4.78, 5) is 21.1. The Hall–Kier alpha value is -0.341. The van der Waals surface area contributed by atoms with Gasteiger partial charge in [0, 0.05) is 23.9 Å². The zero-order valence-corrected chi connectivity index (χ0v) is 13.9. The Balaban J connectivity index is 0.00000289. The van der Waals surface area contributed by atoms with Gasteiger partial charge in [-0.15, -0.1) is 23.5 Å². The fourth-order valence-corrected chi connectivity index (χ4v) is 3.22. The van der Waals surface area contributed by atoms with Crippen molar-refractivity contribution in [1.82, 2.24) is 0 Å². The maximum atomic E-state index is 10.5. The molecule has 0 spiro atoms. The van der Waals surface area contributed by atoms with Crippen molar-refractivity contribution in [3.63, 3.8) is 0 Å². The summed E-state index contributed by atoms with van der Waals surface area (Å²) in [7, 11) is 0. The number of hydrogen-bond acceptors (Lipinski definition) is 4. The van der Waals surface area contributed by atoms with E-state index in [1.54, 1.807) is 0 Å². The zero-order valence-electron chi connectivity index (χ0n) is 9.41. The molecule has 96 valence electrons. The quantitative estimate of drug-likeness (QED) is 0.547. The number of thioether (sulfide) groups is 2. The van der Waals surface area contributed by atoms with Crippen molar-refractivity contribution < 1.29 is 19.8 Å². The van der Waals surface area contributed by atoms with Crippen LogP contribution in [0.25, 0.3) is 0 Å². The first-order chi connectivity index (χ1) is 8.09. The molecule has 4 radical (unpaired) electrons. The van der Waals surface area contributed by atoms with Crippen LogP contribution in [0.3, 0.4) is 0 Å². The van der Waals surface area contributed by atoms with Crippen molar-refractivity contribution in [3.05, 3.63) is 35.9 Å².